The second-order valence-corrected chi connectivity index (χ2v) is 7.35. The Kier molecular flexibility index (Phi) is 4.84. The maximum Gasteiger partial charge on any atom is 0.0458 e. The summed E-state index contributed by atoms with van der Waals surface area (Å²) >= 11 is 6.08. The van der Waals surface area contributed by atoms with Crippen LogP contribution < -0.4 is 15.1 Å². The van der Waals surface area contributed by atoms with Gasteiger partial charge in [-0.1, -0.05) is 11.6 Å². The van der Waals surface area contributed by atoms with Gasteiger partial charge in [0.15, 0.2) is 0 Å². The zero-order valence-electron chi connectivity index (χ0n) is 14.7. The Morgan fingerprint density at radius 2 is 1.60 bits per heavy atom. The molecule has 25 heavy (non-hydrogen) atoms. The third-order valence-electron chi connectivity index (χ3n) is 5.12. The molecule has 2 heterocycles. The smallest absolute Gasteiger partial charge is 0.0458 e. The van der Waals surface area contributed by atoms with Crippen molar-refractivity contribution in [2.24, 2.45) is 0 Å². The maximum atomic E-state index is 6.08. The molecule has 132 valence electrons. The predicted molar refractivity (Wildman–Crippen MR) is 106 cm³/mol. The Balaban J connectivity index is 1.69. The van der Waals surface area contributed by atoms with Crippen molar-refractivity contribution in [1.29, 1.82) is 0 Å². The molecule has 0 saturated carbocycles. The van der Waals surface area contributed by atoms with Crippen molar-refractivity contribution < 1.29 is 0 Å². The molecule has 2 aliphatic rings. The molecule has 4 rings (SSSR count). The van der Waals surface area contributed by atoms with Crippen molar-refractivity contribution in [3.8, 4) is 0 Å². The number of nitrogens with one attached hydrogen (secondary N) is 1. The van der Waals surface area contributed by atoms with Crippen LogP contribution in [-0.4, -0.2) is 51.2 Å². The summed E-state index contributed by atoms with van der Waals surface area (Å²) in [7, 11) is 2.20. The lowest BCUT2D eigenvalue weighted by Gasteiger charge is -2.31. The highest BCUT2D eigenvalue weighted by Gasteiger charge is 2.21. The number of hydrogen-bond donors (Lipinski definition) is 1. The van der Waals surface area contributed by atoms with Crippen LogP contribution in [-0.2, 0) is 6.54 Å². The van der Waals surface area contributed by atoms with E-state index in [1.54, 1.807) is 0 Å². The van der Waals surface area contributed by atoms with E-state index in [4.69, 9.17) is 11.6 Å². The van der Waals surface area contributed by atoms with Crippen LogP contribution in [0.3, 0.4) is 0 Å². The monoisotopic (exact) mass is 356 g/mol. The molecule has 0 unspecified atom stereocenters. The number of rotatable bonds is 2. The fourth-order valence-corrected chi connectivity index (χ4v) is 3.86. The van der Waals surface area contributed by atoms with Crippen molar-refractivity contribution in [2.75, 3.05) is 56.1 Å². The van der Waals surface area contributed by atoms with Gasteiger partial charge in [0.25, 0.3) is 0 Å². The third kappa shape index (κ3) is 3.61. The SMILES string of the molecule is CN1CCN(c2ccc(Cl)cc2)c2ccc(N3CCNCC3)cc2C1. The van der Waals surface area contributed by atoms with Gasteiger partial charge in [-0.2, -0.15) is 0 Å². The second kappa shape index (κ2) is 7.24. The molecule has 0 radical (unpaired) electrons. The van der Waals surface area contributed by atoms with Crippen molar-refractivity contribution >= 4 is 28.7 Å². The third-order valence-corrected chi connectivity index (χ3v) is 5.37. The Morgan fingerprint density at radius 1 is 0.880 bits per heavy atom. The molecule has 5 heteroatoms. The fraction of sp³-hybridized carbons (Fsp3) is 0.400. The zero-order valence-corrected chi connectivity index (χ0v) is 15.5. The molecule has 1 N–H and O–H groups in total. The summed E-state index contributed by atoms with van der Waals surface area (Å²) in [6, 6.07) is 15.1. The molecular formula is C20H25ClN4. The molecule has 1 saturated heterocycles. The minimum atomic E-state index is 0.782. The van der Waals surface area contributed by atoms with Crippen LogP contribution in [0.5, 0.6) is 0 Å². The minimum Gasteiger partial charge on any atom is -0.369 e. The maximum absolute atomic E-state index is 6.08. The Labute approximate surface area is 155 Å². The molecule has 0 spiro atoms. The second-order valence-electron chi connectivity index (χ2n) is 6.92. The molecular weight excluding hydrogens is 332 g/mol. The molecule has 0 amide bonds. The van der Waals surface area contributed by atoms with Crippen molar-refractivity contribution in [1.82, 2.24) is 10.2 Å². The zero-order chi connectivity index (χ0) is 17.2. The molecule has 1 fully saturated rings. The standard InChI is InChI=1S/C20H25ClN4/c1-23-12-13-25(18-4-2-17(21)3-5-18)20-7-6-19(14-16(20)15-23)24-10-8-22-9-11-24/h2-7,14,22H,8-13,15H2,1H3. The predicted octanol–water partition coefficient (Wildman–Crippen LogP) is 3.33. The molecule has 2 aliphatic heterocycles. The number of likely N-dealkylation sites (N-methyl/N-ethyl adjacent to an activating group) is 1. The van der Waals surface area contributed by atoms with Crippen molar-refractivity contribution in [2.45, 2.75) is 6.54 Å². The number of halogens is 1. The first kappa shape index (κ1) is 16.7. The highest BCUT2D eigenvalue weighted by Crippen LogP contribution is 2.34. The van der Waals surface area contributed by atoms with Gasteiger partial charge >= 0.3 is 0 Å². The number of anilines is 3. The number of nitrogens with zero attached hydrogens (tertiary/aromatic N) is 3. The Morgan fingerprint density at radius 3 is 2.36 bits per heavy atom. The van der Waals surface area contributed by atoms with Crippen LogP contribution in [0.25, 0.3) is 0 Å². The van der Waals surface area contributed by atoms with E-state index in [0.29, 0.717) is 0 Å². The van der Waals surface area contributed by atoms with E-state index < -0.39 is 0 Å². The van der Waals surface area contributed by atoms with E-state index in [1.165, 1.54) is 22.6 Å². The Hall–Kier alpha value is -1.75. The minimum absolute atomic E-state index is 0.782. The van der Waals surface area contributed by atoms with Gasteiger partial charge in [-0.25, -0.2) is 0 Å². The van der Waals surface area contributed by atoms with Crippen molar-refractivity contribution in [3.63, 3.8) is 0 Å². The average Bonchev–Trinajstić information content (AvgIpc) is 2.81. The quantitative estimate of drug-likeness (QED) is 0.890. The van der Waals surface area contributed by atoms with E-state index in [9.17, 15) is 0 Å². The van der Waals surface area contributed by atoms with E-state index >= 15 is 0 Å². The summed E-state index contributed by atoms with van der Waals surface area (Å²) in [5.74, 6) is 0. The molecule has 2 aromatic carbocycles. The van der Waals surface area contributed by atoms with Crippen LogP contribution in [0.15, 0.2) is 42.5 Å². The molecule has 2 aromatic rings. The number of hydrogen-bond acceptors (Lipinski definition) is 4. The lowest BCUT2D eigenvalue weighted by Crippen LogP contribution is -2.43. The average molecular weight is 357 g/mol. The van der Waals surface area contributed by atoms with E-state index in [-0.39, 0.29) is 0 Å². The van der Waals surface area contributed by atoms with E-state index in [0.717, 1.165) is 50.8 Å². The first-order chi connectivity index (χ1) is 12.2. The van der Waals surface area contributed by atoms with Gasteiger partial charge in [-0.3, -0.25) is 0 Å². The lowest BCUT2D eigenvalue weighted by molar-refractivity contribution is 0.343. The molecule has 4 nitrogen and oxygen atoms in total. The summed E-state index contributed by atoms with van der Waals surface area (Å²) in [5.41, 5.74) is 5.25. The summed E-state index contributed by atoms with van der Waals surface area (Å²) < 4.78 is 0. The van der Waals surface area contributed by atoms with Gasteiger partial charge < -0.3 is 20.0 Å². The van der Waals surface area contributed by atoms with Gasteiger partial charge in [0.2, 0.25) is 0 Å². The molecule has 0 bridgehead atoms. The van der Waals surface area contributed by atoms with Crippen LogP contribution >= 0.6 is 11.6 Å². The molecule has 0 atom stereocenters. The highest BCUT2D eigenvalue weighted by molar-refractivity contribution is 6.30. The summed E-state index contributed by atoms with van der Waals surface area (Å²) in [5, 5.41) is 4.21. The van der Waals surface area contributed by atoms with Gasteiger partial charge in [0.05, 0.1) is 0 Å². The summed E-state index contributed by atoms with van der Waals surface area (Å²) in [6.45, 7) is 7.30. The molecule has 0 aliphatic carbocycles. The van der Waals surface area contributed by atoms with Crippen LogP contribution in [0.4, 0.5) is 17.1 Å². The van der Waals surface area contributed by atoms with Crippen LogP contribution in [0, 0.1) is 0 Å². The number of benzene rings is 2. The first-order valence-corrected chi connectivity index (χ1v) is 9.39. The molecule has 0 aromatic heterocycles. The van der Waals surface area contributed by atoms with Gasteiger partial charge in [0, 0.05) is 67.9 Å². The number of piperazine rings is 1. The fourth-order valence-electron chi connectivity index (χ4n) is 3.73. The topological polar surface area (TPSA) is 21.8 Å². The summed E-state index contributed by atoms with van der Waals surface area (Å²) in [6.07, 6.45) is 0. The number of fused-ring (bicyclic) bond motifs is 1. The van der Waals surface area contributed by atoms with Gasteiger partial charge in [-0.15, -0.1) is 0 Å². The van der Waals surface area contributed by atoms with E-state index in [1.807, 2.05) is 12.1 Å². The Bertz CT molecular complexity index is 725. The lowest BCUT2D eigenvalue weighted by atomic mass is 10.1. The normalized spacial score (nSPS) is 18.8. The van der Waals surface area contributed by atoms with Crippen molar-refractivity contribution in [3.05, 3.63) is 53.1 Å². The highest BCUT2D eigenvalue weighted by atomic mass is 35.5. The van der Waals surface area contributed by atoms with Crippen LogP contribution in [0.1, 0.15) is 5.56 Å². The van der Waals surface area contributed by atoms with E-state index in [2.05, 4.69) is 57.4 Å². The largest absolute Gasteiger partial charge is 0.369 e. The van der Waals surface area contributed by atoms with Crippen LogP contribution in [0.2, 0.25) is 5.02 Å². The summed E-state index contributed by atoms with van der Waals surface area (Å²) in [4.78, 5) is 7.29. The van der Waals surface area contributed by atoms with Gasteiger partial charge in [0.1, 0.15) is 0 Å². The van der Waals surface area contributed by atoms with Gasteiger partial charge in [-0.05, 0) is 55.1 Å². The first-order valence-electron chi connectivity index (χ1n) is 9.01.